The number of ether oxygens (including phenoxy) is 2. The molecule has 0 aromatic heterocycles. The van der Waals surface area contributed by atoms with E-state index in [4.69, 9.17) is 14.6 Å². The van der Waals surface area contributed by atoms with Crippen molar-refractivity contribution in [3.63, 3.8) is 0 Å². The van der Waals surface area contributed by atoms with Gasteiger partial charge in [-0.05, 0) is 24.5 Å². The molecule has 0 unspecified atom stereocenters. The van der Waals surface area contributed by atoms with Crippen molar-refractivity contribution in [3.05, 3.63) is 35.4 Å². The zero-order chi connectivity index (χ0) is 13.4. The first kappa shape index (κ1) is 15.1. The summed E-state index contributed by atoms with van der Waals surface area (Å²) in [5, 5.41) is 18.6. The van der Waals surface area contributed by atoms with Crippen LogP contribution >= 0.6 is 0 Å². The summed E-state index contributed by atoms with van der Waals surface area (Å²) in [6, 6.07) is 7.97. The molecule has 1 aromatic carbocycles. The molecule has 0 radical (unpaired) electrons. The molecule has 0 aliphatic rings. The monoisotopic (exact) mass is 254 g/mol. The molecule has 2 N–H and O–H groups in total. The Morgan fingerprint density at radius 3 is 2.28 bits per heavy atom. The predicted octanol–water partition coefficient (Wildman–Crippen LogP) is 1.34. The fourth-order valence-corrected chi connectivity index (χ4v) is 1.70. The molecule has 4 heteroatoms. The zero-order valence-electron chi connectivity index (χ0n) is 11.0. The molecule has 1 aromatic rings. The first-order valence-electron chi connectivity index (χ1n) is 6.10. The van der Waals surface area contributed by atoms with E-state index < -0.39 is 6.10 Å². The SMILES string of the molecule is COCOCc1ccc(C[C@@H](CO)[C@@H](C)O)cc1. The van der Waals surface area contributed by atoms with E-state index >= 15 is 0 Å². The first-order chi connectivity index (χ1) is 8.67. The van der Waals surface area contributed by atoms with Crippen molar-refractivity contribution in [2.75, 3.05) is 20.5 Å². The second kappa shape index (κ2) is 8.21. The molecule has 102 valence electrons. The van der Waals surface area contributed by atoms with Gasteiger partial charge in [0.1, 0.15) is 6.79 Å². The maximum Gasteiger partial charge on any atom is 0.146 e. The average molecular weight is 254 g/mol. The smallest absolute Gasteiger partial charge is 0.146 e. The number of aliphatic hydroxyl groups excluding tert-OH is 2. The summed E-state index contributed by atoms with van der Waals surface area (Å²) >= 11 is 0. The third kappa shape index (κ3) is 5.14. The molecule has 0 aliphatic carbocycles. The van der Waals surface area contributed by atoms with Gasteiger partial charge in [0.05, 0.1) is 12.7 Å². The van der Waals surface area contributed by atoms with E-state index in [1.165, 1.54) is 0 Å². The molecular weight excluding hydrogens is 232 g/mol. The van der Waals surface area contributed by atoms with Gasteiger partial charge in [0.2, 0.25) is 0 Å². The van der Waals surface area contributed by atoms with Crippen molar-refractivity contribution in [2.45, 2.75) is 26.1 Å². The van der Waals surface area contributed by atoms with Gasteiger partial charge in [-0.3, -0.25) is 0 Å². The number of methoxy groups -OCH3 is 1. The molecule has 0 saturated carbocycles. The van der Waals surface area contributed by atoms with Crippen molar-refractivity contribution in [3.8, 4) is 0 Å². The van der Waals surface area contributed by atoms with Gasteiger partial charge in [0, 0.05) is 19.6 Å². The Labute approximate surface area is 108 Å². The van der Waals surface area contributed by atoms with Crippen molar-refractivity contribution >= 4 is 0 Å². The minimum Gasteiger partial charge on any atom is -0.396 e. The Morgan fingerprint density at radius 2 is 1.78 bits per heavy atom. The Balaban J connectivity index is 2.49. The molecule has 18 heavy (non-hydrogen) atoms. The Hall–Kier alpha value is -0.940. The van der Waals surface area contributed by atoms with Crippen LogP contribution < -0.4 is 0 Å². The van der Waals surface area contributed by atoms with Crippen LogP contribution in [0.4, 0.5) is 0 Å². The lowest BCUT2D eigenvalue weighted by atomic mass is 9.95. The molecule has 0 amide bonds. The van der Waals surface area contributed by atoms with Gasteiger partial charge >= 0.3 is 0 Å². The van der Waals surface area contributed by atoms with Crippen molar-refractivity contribution < 1.29 is 19.7 Å². The first-order valence-corrected chi connectivity index (χ1v) is 6.10. The average Bonchev–Trinajstić information content (AvgIpc) is 2.37. The summed E-state index contributed by atoms with van der Waals surface area (Å²) < 4.78 is 10.1. The summed E-state index contributed by atoms with van der Waals surface area (Å²) in [5.41, 5.74) is 2.18. The van der Waals surface area contributed by atoms with Gasteiger partial charge in [0.25, 0.3) is 0 Å². The second-order valence-electron chi connectivity index (χ2n) is 4.46. The fourth-order valence-electron chi connectivity index (χ4n) is 1.70. The lowest BCUT2D eigenvalue weighted by molar-refractivity contribution is -0.0390. The Morgan fingerprint density at radius 1 is 1.17 bits per heavy atom. The quantitative estimate of drug-likeness (QED) is 0.543. The van der Waals surface area contributed by atoms with E-state index in [1.807, 2.05) is 24.3 Å². The van der Waals surface area contributed by atoms with Gasteiger partial charge in [-0.25, -0.2) is 0 Å². The van der Waals surface area contributed by atoms with Crippen LogP contribution in [0.3, 0.4) is 0 Å². The van der Waals surface area contributed by atoms with Gasteiger partial charge in [-0.2, -0.15) is 0 Å². The number of aliphatic hydroxyl groups is 2. The maximum absolute atomic E-state index is 9.48. The zero-order valence-corrected chi connectivity index (χ0v) is 11.0. The van der Waals surface area contributed by atoms with Gasteiger partial charge in [-0.15, -0.1) is 0 Å². The van der Waals surface area contributed by atoms with Crippen LogP contribution in [0, 0.1) is 5.92 Å². The van der Waals surface area contributed by atoms with E-state index in [2.05, 4.69) is 0 Å². The van der Waals surface area contributed by atoms with Gasteiger partial charge in [-0.1, -0.05) is 24.3 Å². The topological polar surface area (TPSA) is 58.9 Å². The van der Waals surface area contributed by atoms with E-state index in [1.54, 1.807) is 14.0 Å². The van der Waals surface area contributed by atoms with Crippen LogP contribution in [0.25, 0.3) is 0 Å². The molecule has 0 spiro atoms. The third-order valence-electron chi connectivity index (χ3n) is 2.91. The van der Waals surface area contributed by atoms with Crippen molar-refractivity contribution in [1.29, 1.82) is 0 Å². The largest absolute Gasteiger partial charge is 0.396 e. The van der Waals surface area contributed by atoms with Crippen LogP contribution in [0.1, 0.15) is 18.1 Å². The molecule has 2 atom stereocenters. The van der Waals surface area contributed by atoms with Gasteiger partial charge in [0.15, 0.2) is 0 Å². The van der Waals surface area contributed by atoms with Crippen LogP contribution in [0.5, 0.6) is 0 Å². The summed E-state index contributed by atoms with van der Waals surface area (Å²) in [6.07, 6.45) is 0.174. The highest BCUT2D eigenvalue weighted by atomic mass is 16.7. The van der Waals surface area contributed by atoms with E-state index in [-0.39, 0.29) is 19.3 Å². The van der Waals surface area contributed by atoms with E-state index in [0.29, 0.717) is 13.0 Å². The molecule has 0 heterocycles. The fraction of sp³-hybridized carbons (Fsp3) is 0.571. The molecule has 0 fully saturated rings. The van der Waals surface area contributed by atoms with Crippen molar-refractivity contribution in [1.82, 2.24) is 0 Å². The molecule has 0 saturated heterocycles. The number of hydrogen-bond donors (Lipinski definition) is 2. The molecule has 0 bridgehead atoms. The summed E-state index contributed by atoms with van der Waals surface area (Å²) in [6.45, 7) is 2.51. The van der Waals surface area contributed by atoms with E-state index in [0.717, 1.165) is 11.1 Å². The maximum atomic E-state index is 9.48. The summed E-state index contributed by atoms with van der Waals surface area (Å²) in [5.74, 6) is -0.111. The third-order valence-corrected chi connectivity index (χ3v) is 2.91. The molecule has 1 rings (SSSR count). The highest BCUT2D eigenvalue weighted by molar-refractivity contribution is 5.22. The van der Waals surface area contributed by atoms with Crippen LogP contribution in [0.2, 0.25) is 0 Å². The standard InChI is InChI=1S/C14H22O4/c1-11(16)14(8-15)7-12-3-5-13(6-4-12)9-18-10-17-2/h3-6,11,14-16H,7-10H2,1-2H3/t11-,14+/m1/s1. The lowest BCUT2D eigenvalue weighted by Gasteiger charge is -2.17. The highest BCUT2D eigenvalue weighted by Gasteiger charge is 2.14. The lowest BCUT2D eigenvalue weighted by Crippen LogP contribution is -2.22. The van der Waals surface area contributed by atoms with Crippen molar-refractivity contribution in [2.24, 2.45) is 5.92 Å². The summed E-state index contributed by atoms with van der Waals surface area (Å²) in [4.78, 5) is 0. The van der Waals surface area contributed by atoms with E-state index in [9.17, 15) is 5.11 Å². The predicted molar refractivity (Wildman–Crippen MR) is 69.1 cm³/mol. The number of hydrogen-bond acceptors (Lipinski definition) is 4. The highest BCUT2D eigenvalue weighted by Crippen LogP contribution is 2.13. The Bertz CT molecular complexity index is 321. The van der Waals surface area contributed by atoms with Crippen LogP contribution in [-0.4, -0.2) is 36.8 Å². The van der Waals surface area contributed by atoms with Gasteiger partial charge < -0.3 is 19.7 Å². The molecular formula is C14H22O4. The number of benzene rings is 1. The summed E-state index contributed by atoms with van der Waals surface area (Å²) in [7, 11) is 1.59. The Kier molecular flexibility index (Phi) is 6.90. The normalized spacial score (nSPS) is 14.4. The molecule has 0 aliphatic heterocycles. The van der Waals surface area contributed by atoms with Crippen LogP contribution in [-0.2, 0) is 22.5 Å². The molecule has 4 nitrogen and oxygen atoms in total. The minimum atomic E-state index is -0.500. The number of rotatable bonds is 8. The second-order valence-corrected chi connectivity index (χ2v) is 4.46. The van der Waals surface area contributed by atoms with Crippen LogP contribution in [0.15, 0.2) is 24.3 Å². The minimum absolute atomic E-state index is 0.00360.